The van der Waals surface area contributed by atoms with Crippen molar-refractivity contribution >= 4 is 5.91 Å². The number of rotatable bonds is 3. The summed E-state index contributed by atoms with van der Waals surface area (Å²) in [6, 6.07) is 0. The zero-order valence-electron chi connectivity index (χ0n) is 8.94. The number of carbonyl (C=O) groups excluding carboxylic acids is 1. The predicted octanol–water partition coefficient (Wildman–Crippen LogP) is 1.17. The highest BCUT2D eigenvalue weighted by molar-refractivity contribution is 5.83. The summed E-state index contributed by atoms with van der Waals surface area (Å²) in [5.41, 5.74) is 5.87. The molecule has 0 aliphatic heterocycles. The molecule has 0 aromatic rings. The maximum absolute atomic E-state index is 11.8. The van der Waals surface area contributed by atoms with Crippen LogP contribution in [0.15, 0.2) is 0 Å². The highest BCUT2D eigenvalue weighted by Crippen LogP contribution is 2.40. The fourth-order valence-corrected chi connectivity index (χ4v) is 2.21. The number of amides is 1. The molecule has 0 atom stereocenters. The molecule has 0 unspecified atom stereocenters. The number of hydrogen-bond donors (Lipinski definition) is 2. The first kappa shape index (κ1) is 9.97. The van der Waals surface area contributed by atoms with Crippen LogP contribution in [0.3, 0.4) is 0 Å². The average Bonchev–Trinajstić information content (AvgIpc) is 2.07. The van der Waals surface area contributed by atoms with Crippen molar-refractivity contribution < 1.29 is 4.79 Å². The van der Waals surface area contributed by atoms with Gasteiger partial charge in [0.25, 0.3) is 0 Å². The van der Waals surface area contributed by atoms with Gasteiger partial charge in [0, 0.05) is 17.5 Å². The van der Waals surface area contributed by atoms with Gasteiger partial charge in [0.1, 0.15) is 0 Å². The summed E-state index contributed by atoms with van der Waals surface area (Å²) in [6.07, 6.45) is 6.60. The van der Waals surface area contributed by atoms with Gasteiger partial charge in [0.15, 0.2) is 0 Å². The van der Waals surface area contributed by atoms with Crippen molar-refractivity contribution in [3.8, 4) is 0 Å². The van der Waals surface area contributed by atoms with E-state index >= 15 is 0 Å². The third kappa shape index (κ3) is 1.65. The second kappa shape index (κ2) is 3.23. The molecule has 14 heavy (non-hydrogen) atoms. The minimum absolute atomic E-state index is 0.0832. The normalized spacial score (nSPS) is 27.3. The summed E-state index contributed by atoms with van der Waals surface area (Å²) in [6.45, 7) is 2.72. The monoisotopic (exact) mass is 196 g/mol. The zero-order chi connectivity index (χ0) is 10.2. The van der Waals surface area contributed by atoms with Crippen molar-refractivity contribution in [1.82, 2.24) is 5.32 Å². The van der Waals surface area contributed by atoms with E-state index in [9.17, 15) is 4.79 Å². The lowest BCUT2D eigenvalue weighted by Gasteiger charge is -2.41. The minimum Gasteiger partial charge on any atom is -0.354 e. The molecule has 3 nitrogen and oxygen atoms in total. The van der Waals surface area contributed by atoms with Crippen LogP contribution < -0.4 is 11.1 Å². The first-order valence-corrected chi connectivity index (χ1v) is 5.61. The standard InChI is InChI=1S/C11H20N2O/c1-10(4-2-5-10)9(14)13-8-11(12)6-3-7-11/h2-8,12H2,1H3,(H,13,14). The Morgan fingerprint density at radius 3 is 2.21 bits per heavy atom. The largest absolute Gasteiger partial charge is 0.354 e. The molecule has 0 aromatic carbocycles. The fraction of sp³-hybridized carbons (Fsp3) is 0.909. The van der Waals surface area contributed by atoms with E-state index in [0.29, 0.717) is 6.54 Å². The minimum atomic E-state index is -0.0875. The molecule has 1 amide bonds. The smallest absolute Gasteiger partial charge is 0.226 e. The average molecular weight is 196 g/mol. The van der Waals surface area contributed by atoms with Crippen LogP contribution >= 0.6 is 0 Å². The summed E-state index contributed by atoms with van der Waals surface area (Å²) >= 11 is 0. The summed E-state index contributed by atoms with van der Waals surface area (Å²) in [5.74, 6) is 0.209. The quantitative estimate of drug-likeness (QED) is 0.712. The molecule has 0 bridgehead atoms. The van der Waals surface area contributed by atoms with E-state index in [1.165, 1.54) is 12.8 Å². The third-order valence-corrected chi connectivity index (χ3v) is 3.96. The number of carbonyl (C=O) groups is 1. The van der Waals surface area contributed by atoms with Crippen LogP contribution in [-0.2, 0) is 4.79 Å². The molecule has 3 heteroatoms. The highest BCUT2D eigenvalue weighted by atomic mass is 16.2. The Morgan fingerprint density at radius 1 is 1.29 bits per heavy atom. The molecule has 0 aromatic heterocycles. The lowest BCUT2D eigenvalue weighted by molar-refractivity contribution is -0.135. The Morgan fingerprint density at radius 2 is 1.86 bits per heavy atom. The molecule has 3 N–H and O–H groups in total. The van der Waals surface area contributed by atoms with Gasteiger partial charge in [-0.2, -0.15) is 0 Å². The second-order valence-corrected chi connectivity index (χ2v) is 5.31. The lowest BCUT2D eigenvalue weighted by atomic mass is 9.69. The van der Waals surface area contributed by atoms with Crippen LogP contribution in [0.2, 0.25) is 0 Å². The molecule has 2 rings (SSSR count). The summed E-state index contributed by atoms with van der Waals surface area (Å²) in [4.78, 5) is 11.8. The Kier molecular flexibility index (Phi) is 2.30. The lowest BCUT2D eigenvalue weighted by Crippen LogP contribution is -2.57. The van der Waals surface area contributed by atoms with Crippen LogP contribution in [0.4, 0.5) is 0 Å². The Labute approximate surface area is 85.4 Å². The Bertz CT molecular complexity index is 242. The van der Waals surface area contributed by atoms with E-state index in [4.69, 9.17) is 5.73 Å². The molecule has 80 valence electrons. The number of nitrogens with one attached hydrogen (secondary N) is 1. The Hall–Kier alpha value is -0.570. The maximum atomic E-state index is 11.8. The second-order valence-electron chi connectivity index (χ2n) is 5.31. The molecular formula is C11H20N2O. The van der Waals surface area contributed by atoms with E-state index in [1.54, 1.807) is 0 Å². The van der Waals surface area contributed by atoms with Gasteiger partial charge in [-0.05, 0) is 32.1 Å². The predicted molar refractivity (Wildman–Crippen MR) is 55.7 cm³/mol. The molecule has 0 radical (unpaired) electrons. The molecule has 0 saturated heterocycles. The fourth-order valence-electron chi connectivity index (χ4n) is 2.21. The van der Waals surface area contributed by atoms with E-state index in [2.05, 4.69) is 12.2 Å². The molecule has 2 saturated carbocycles. The van der Waals surface area contributed by atoms with Gasteiger partial charge in [0.05, 0.1) is 0 Å². The Balaban J connectivity index is 1.77. The topological polar surface area (TPSA) is 55.1 Å². The van der Waals surface area contributed by atoms with E-state index in [1.807, 2.05) is 0 Å². The SMILES string of the molecule is CC1(C(=O)NCC2(N)CCC2)CCC1. The van der Waals surface area contributed by atoms with Crippen molar-refractivity contribution in [3.63, 3.8) is 0 Å². The van der Waals surface area contributed by atoms with E-state index < -0.39 is 0 Å². The van der Waals surface area contributed by atoms with Crippen molar-refractivity contribution in [2.75, 3.05) is 6.54 Å². The molecule has 2 fully saturated rings. The van der Waals surface area contributed by atoms with Crippen LogP contribution in [-0.4, -0.2) is 18.0 Å². The molecular weight excluding hydrogens is 176 g/mol. The summed E-state index contributed by atoms with van der Waals surface area (Å²) in [7, 11) is 0. The van der Waals surface area contributed by atoms with E-state index in [0.717, 1.165) is 25.7 Å². The number of nitrogens with two attached hydrogens (primary N) is 1. The molecule has 0 spiro atoms. The van der Waals surface area contributed by atoms with Gasteiger partial charge in [-0.3, -0.25) is 4.79 Å². The van der Waals surface area contributed by atoms with Gasteiger partial charge in [-0.25, -0.2) is 0 Å². The maximum Gasteiger partial charge on any atom is 0.226 e. The molecule has 2 aliphatic carbocycles. The van der Waals surface area contributed by atoms with Crippen molar-refractivity contribution in [3.05, 3.63) is 0 Å². The highest BCUT2D eigenvalue weighted by Gasteiger charge is 2.40. The summed E-state index contributed by atoms with van der Waals surface area (Å²) in [5, 5.41) is 3.00. The van der Waals surface area contributed by atoms with Gasteiger partial charge in [-0.15, -0.1) is 0 Å². The van der Waals surface area contributed by atoms with Crippen molar-refractivity contribution in [1.29, 1.82) is 0 Å². The first-order chi connectivity index (χ1) is 6.54. The van der Waals surface area contributed by atoms with Gasteiger partial charge in [0.2, 0.25) is 5.91 Å². The van der Waals surface area contributed by atoms with Crippen LogP contribution in [0, 0.1) is 5.41 Å². The van der Waals surface area contributed by atoms with Gasteiger partial charge >= 0.3 is 0 Å². The van der Waals surface area contributed by atoms with E-state index in [-0.39, 0.29) is 16.9 Å². The van der Waals surface area contributed by atoms with Crippen LogP contribution in [0.25, 0.3) is 0 Å². The number of hydrogen-bond acceptors (Lipinski definition) is 2. The zero-order valence-corrected chi connectivity index (χ0v) is 8.94. The van der Waals surface area contributed by atoms with Gasteiger partial charge < -0.3 is 11.1 Å². The van der Waals surface area contributed by atoms with Crippen molar-refractivity contribution in [2.24, 2.45) is 11.1 Å². The molecule has 2 aliphatic rings. The third-order valence-electron chi connectivity index (χ3n) is 3.96. The van der Waals surface area contributed by atoms with Crippen molar-refractivity contribution in [2.45, 2.75) is 51.0 Å². The van der Waals surface area contributed by atoms with Crippen LogP contribution in [0.1, 0.15) is 45.4 Å². The summed E-state index contributed by atoms with van der Waals surface area (Å²) < 4.78 is 0. The van der Waals surface area contributed by atoms with Gasteiger partial charge in [-0.1, -0.05) is 13.3 Å². The first-order valence-electron chi connectivity index (χ1n) is 5.61. The molecule has 0 heterocycles. The van der Waals surface area contributed by atoms with Crippen LogP contribution in [0.5, 0.6) is 0 Å².